The summed E-state index contributed by atoms with van der Waals surface area (Å²) in [5, 5.41) is 0. The first kappa shape index (κ1) is 17.2. The van der Waals surface area contributed by atoms with Crippen LogP contribution < -0.4 is 16.2 Å². The maximum absolute atomic E-state index is 6.20. The number of ether oxygens (including phenoxy) is 1. The van der Waals surface area contributed by atoms with Crippen LogP contribution in [0.15, 0.2) is 54.6 Å². The van der Waals surface area contributed by atoms with Gasteiger partial charge in [0.15, 0.2) is 0 Å². The third-order valence-electron chi connectivity index (χ3n) is 3.07. The first-order valence-electron chi connectivity index (χ1n) is 7.34. The molecule has 0 aromatic heterocycles. The molecule has 0 saturated carbocycles. The summed E-state index contributed by atoms with van der Waals surface area (Å²) in [5.74, 6) is 0.819. The van der Waals surface area contributed by atoms with Gasteiger partial charge in [-0.1, -0.05) is 62.7 Å². The van der Waals surface area contributed by atoms with E-state index in [0.717, 1.165) is 16.9 Å². The predicted molar refractivity (Wildman–Crippen MR) is 89.3 cm³/mol. The zero-order valence-electron chi connectivity index (χ0n) is 13.1. The van der Waals surface area contributed by atoms with E-state index in [-0.39, 0.29) is 12.1 Å². The molecule has 0 amide bonds. The van der Waals surface area contributed by atoms with E-state index in [2.05, 4.69) is 13.8 Å². The average molecular weight is 286 g/mol. The second kappa shape index (κ2) is 9.16. The zero-order valence-corrected chi connectivity index (χ0v) is 13.1. The van der Waals surface area contributed by atoms with Gasteiger partial charge >= 0.3 is 0 Å². The lowest BCUT2D eigenvalue weighted by Crippen LogP contribution is -2.26. The standard InChI is InChI=1S/C15H18N2O.C3H8/c1-18-13-9-7-12(8-10-13)15(17)14(16)11-5-3-2-4-6-11;1-3-2/h2-10,14-15H,16-17H2,1H3;3H2,1-2H3. The Labute approximate surface area is 127 Å². The van der Waals surface area contributed by atoms with Crippen LogP contribution in [0.3, 0.4) is 0 Å². The second-order valence-corrected chi connectivity index (χ2v) is 4.94. The van der Waals surface area contributed by atoms with Crippen molar-refractivity contribution in [1.82, 2.24) is 0 Å². The van der Waals surface area contributed by atoms with Crippen LogP contribution in [0.2, 0.25) is 0 Å². The minimum Gasteiger partial charge on any atom is -0.497 e. The molecule has 0 aliphatic heterocycles. The number of nitrogens with two attached hydrogens (primary N) is 2. The van der Waals surface area contributed by atoms with Gasteiger partial charge < -0.3 is 16.2 Å². The number of hydrogen-bond donors (Lipinski definition) is 2. The molecule has 0 fully saturated rings. The summed E-state index contributed by atoms with van der Waals surface area (Å²) in [6.07, 6.45) is 1.25. The summed E-state index contributed by atoms with van der Waals surface area (Å²) < 4.78 is 5.12. The quantitative estimate of drug-likeness (QED) is 0.898. The summed E-state index contributed by atoms with van der Waals surface area (Å²) in [4.78, 5) is 0. The minimum atomic E-state index is -0.224. The van der Waals surface area contributed by atoms with Crippen molar-refractivity contribution in [3.63, 3.8) is 0 Å². The van der Waals surface area contributed by atoms with Gasteiger partial charge in [-0.25, -0.2) is 0 Å². The van der Waals surface area contributed by atoms with Gasteiger partial charge in [-0.05, 0) is 23.3 Å². The summed E-state index contributed by atoms with van der Waals surface area (Å²) >= 11 is 0. The van der Waals surface area contributed by atoms with E-state index in [1.807, 2.05) is 54.6 Å². The first-order valence-corrected chi connectivity index (χ1v) is 7.34. The van der Waals surface area contributed by atoms with Crippen molar-refractivity contribution in [1.29, 1.82) is 0 Å². The minimum absolute atomic E-state index is 0.209. The first-order chi connectivity index (χ1) is 10.1. The molecule has 0 saturated heterocycles. The Morgan fingerprint density at radius 2 is 1.24 bits per heavy atom. The van der Waals surface area contributed by atoms with Gasteiger partial charge in [-0.3, -0.25) is 0 Å². The molecule has 2 aromatic rings. The molecule has 2 atom stereocenters. The Bertz CT molecular complexity index is 496. The van der Waals surface area contributed by atoms with Crippen molar-refractivity contribution in [3.8, 4) is 5.75 Å². The Balaban J connectivity index is 0.000000677. The van der Waals surface area contributed by atoms with Crippen LogP contribution in [0.4, 0.5) is 0 Å². The highest BCUT2D eigenvalue weighted by molar-refractivity contribution is 5.31. The Morgan fingerprint density at radius 3 is 1.67 bits per heavy atom. The molecule has 114 valence electrons. The fraction of sp³-hybridized carbons (Fsp3) is 0.333. The van der Waals surface area contributed by atoms with Gasteiger partial charge in [0.25, 0.3) is 0 Å². The van der Waals surface area contributed by atoms with Crippen molar-refractivity contribution in [2.24, 2.45) is 11.5 Å². The molecule has 21 heavy (non-hydrogen) atoms. The summed E-state index contributed by atoms with van der Waals surface area (Å²) in [7, 11) is 1.64. The van der Waals surface area contributed by atoms with Crippen LogP contribution >= 0.6 is 0 Å². The van der Waals surface area contributed by atoms with Crippen LogP contribution in [0.5, 0.6) is 5.75 Å². The highest BCUT2D eigenvalue weighted by Crippen LogP contribution is 2.25. The molecule has 0 aliphatic rings. The normalized spacial score (nSPS) is 12.8. The number of hydrogen-bond acceptors (Lipinski definition) is 3. The van der Waals surface area contributed by atoms with Crippen molar-refractivity contribution >= 4 is 0 Å². The summed E-state index contributed by atoms with van der Waals surface area (Å²) in [6, 6.07) is 17.2. The Hall–Kier alpha value is -1.84. The maximum atomic E-state index is 6.20. The molecule has 0 radical (unpaired) electrons. The lowest BCUT2D eigenvalue weighted by molar-refractivity contribution is 0.414. The fourth-order valence-electron chi connectivity index (χ4n) is 1.92. The molecule has 2 rings (SSSR count). The van der Waals surface area contributed by atoms with Crippen molar-refractivity contribution in [2.75, 3.05) is 7.11 Å². The Morgan fingerprint density at radius 1 is 0.810 bits per heavy atom. The van der Waals surface area contributed by atoms with Gasteiger partial charge in [0, 0.05) is 12.1 Å². The third kappa shape index (κ3) is 5.21. The van der Waals surface area contributed by atoms with E-state index in [4.69, 9.17) is 16.2 Å². The molecule has 0 heterocycles. The van der Waals surface area contributed by atoms with E-state index >= 15 is 0 Å². The van der Waals surface area contributed by atoms with Crippen molar-refractivity contribution in [3.05, 3.63) is 65.7 Å². The summed E-state index contributed by atoms with van der Waals surface area (Å²) in [5.41, 5.74) is 14.4. The predicted octanol–water partition coefficient (Wildman–Crippen LogP) is 3.81. The van der Waals surface area contributed by atoms with Gasteiger partial charge in [-0.15, -0.1) is 0 Å². The van der Waals surface area contributed by atoms with E-state index in [1.54, 1.807) is 7.11 Å². The van der Waals surface area contributed by atoms with Crippen LogP contribution in [0.1, 0.15) is 43.5 Å². The lowest BCUT2D eigenvalue weighted by Gasteiger charge is -2.20. The Kier molecular flexibility index (Phi) is 7.51. The van der Waals surface area contributed by atoms with E-state index in [9.17, 15) is 0 Å². The lowest BCUT2D eigenvalue weighted by atomic mass is 9.95. The molecule has 0 bridgehead atoms. The highest BCUT2D eigenvalue weighted by atomic mass is 16.5. The van der Waals surface area contributed by atoms with E-state index in [1.165, 1.54) is 6.42 Å². The zero-order chi connectivity index (χ0) is 15.7. The molecule has 0 spiro atoms. The molecular weight excluding hydrogens is 260 g/mol. The van der Waals surface area contributed by atoms with Gasteiger partial charge in [0.1, 0.15) is 5.75 Å². The smallest absolute Gasteiger partial charge is 0.118 e. The van der Waals surface area contributed by atoms with Gasteiger partial charge in [0.05, 0.1) is 7.11 Å². The highest BCUT2D eigenvalue weighted by Gasteiger charge is 2.16. The number of rotatable bonds is 4. The largest absolute Gasteiger partial charge is 0.497 e. The molecule has 3 nitrogen and oxygen atoms in total. The van der Waals surface area contributed by atoms with Crippen molar-refractivity contribution < 1.29 is 4.74 Å². The molecule has 0 aliphatic carbocycles. The van der Waals surface area contributed by atoms with E-state index in [0.29, 0.717) is 0 Å². The molecule has 4 N–H and O–H groups in total. The van der Waals surface area contributed by atoms with Crippen LogP contribution in [-0.2, 0) is 0 Å². The topological polar surface area (TPSA) is 61.3 Å². The average Bonchev–Trinajstić information content (AvgIpc) is 2.55. The maximum Gasteiger partial charge on any atom is 0.118 e. The monoisotopic (exact) mass is 286 g/mol. The van der Waals surface area contributed by atoms with Crippen LogP contribution in [0, 0.1) is 0 Å². The fourth-order valence-corrected chi connectivity index (χ4v) is 1.92. The van der Waals surface area contributed by atoms with Gasteiger partial charge in [-0.2, -0.15) is 0 Å². The summed E-state index contributed by atoms with van der Waals surface area (Å²) in [6.45, 7) is 4.25. The van der Waals surface area contributed by atoms with Crippen molar-refractivity contribution in [2.45, 2.75) is 32.4 Å². The number of methoxy groups -OCH3 is 1. The molecule has 3 heteroatoms. The molecule has 2 aromatic carbocycles. The van der Waals surface area contributed by atoms with E-state index < -0.39 is 0 Å². The van der Waals surface area contributed by atoms with Gasteiger partial charge in [0.2, 0.25) is 0 Å². The van der Waals surface area contributed by atoms with Crippen LogP contribution in [0.25, 0.3) is 0 Å². The molecule has 2 unspecified atom stereocenters. The number of benzene rings is 2. The van der Waals surface area contributed by atoms with Crippen LogP contribution in [-0.4, -0.2) is 7.11 Å². The SMILES string of the molecule is CCC.COc1ccc(C(N)C(N)c2ccccc2)cc1. The second-order valence-electron chi connectivity index (χ2n) is 4.94. The molecular formula is C18H26N2O. The third-order valence-corrected chi connectivity index (χ3v) is 3.07.